The monoisotopic (exact) mass is 210 g/mol. The Morgan fingerprint density at radius 1 is 1.40 bits per heavy atom. The zero-order chi connectivity index (χ0) is 11.1. The summed E-state index contributed by atoms with van der Waals surface area (Å²) in [6, 6.07) is 0. The molecule has 84 valence electrons. The van der Waals surface area contributed by atoms with Crippen molar-refractivity contribution in [3.05, 3.63) is 11.9 Å². The molecular weight excluding hydrogens is 192 g/mol. The first-order valence-corrected chi connectivity index (χ1v) is 5.05. The first-order valence-electron chi connectivity index (χ1n) is 5.05. The molecule has 5 heteroatoms. The highest BCUT2D eigenvalue weighted by Crippen LogP contribution is 2.14. The number of hydrogen-bond donors (Lipinski definition) is 2. The van der Waals surface area contributed by atoms with Gasteiger partial charge in [-0.25, -0.2) is 9.97 Å². The predicted octanol–water partition coefficient (Wildman–Crippen LogP) is 1.21. The Balaban J connectivity index is 2.34. The average molecular weight is 210 g/mol. The zero-order valence-corrected chi connectivity index (χ0v) is 9.29. The summed E-state index contributed by atoms with van der Waals surface area (Å²) in [4.78, 5) is 8.03. The van der Waals surface area contributed by atoms with Crippen molar-refractivity contribution >= 4 is 11.6 Å². The highest BCUT2D eigenvalue weighted by Gasteiger charge is 2.02. The number of nitrogens with zero attached hydrogens (tertiary/aromatic N) is 2. The third-order valence-corrected chi connectivity index (χ3v) is 2.19. The summed E-state index contributed by atoms with van der Waals surface area (Å²) in [5, 5.41) is 3.23. The van der Waals surface area contributed by atoms with Gasteiger partial charge in [-0.1, -0.05) is 0 Å². The van der Waals surface area contributed by atoms with E-state index in [4.69, 9.17) is 10.5 Å². The lowest BCUT2D eigenvalue weighted by Crippen LogP contribution is -2.08. The molecule has 0 aromatic carbocycles. The van der Waals surface area contributed by atoms with Gasteiger partial charge in [0, 0.05) is 25.8 Å². The minimum absolute atomic E-state index is 0.532. The maximum Gasteiger partial charge on any atom is 0.134 e. The lowest BCUT2D eigenvalue weighted by Gasteiger charge is -2.08. The number of nitrogen functional groups attached to an aromatic ring is 1. The highest BCUT2D eigenvalue weighted by molar-refractivity contribution is 5.53. The van der Waals surface area contributed by atoms with E-state index in [-0.39, 0.29) is 0 Å². The van der Waals surface area contributed by atoms with Gasteiger partial charge in [0.15, 0.2) is 0 Å². The van der Waals surface area contributed by atoms with Crippen molar-refractivity contribution in [3.8, 4) is 0 Å². The molecule has 0 atom stereocenters. The van der Waals surface area contributed by atoms with Crippen LogP contribution < -0.4 is 11.1 Å². The fraction of sp³-hybridized carbons (Fsp3) is 0.600. The van der Waals surface area contributed by atoms with Crippen LogP contribution in [0.3, 0.4) is 0 Å². The second kappa shape index (κ2) is 6.19. The Labute approximate surface area is 90.1 Å². The smallest absolute Gasteiger partial charge is 0.134 e. The molecule has 1 aromatic rings. The van der Waals surface area contributed by atoms with Crippen molar-refractivity contribution in [1.82, 2.24) is 9.97 Å². The molecule has 0 amide bonds. The van der Waals surface area contributed by atoms with Crippen molar-refractivity contribution < 1.29 is 4.74 Å². The van der Waals surface area contributed by atoms with E-state index in [9.17, 15) is 0 Å². The van der Waals surface area contributed by atoms with Crippen LogP contribution in [0.15, 0.2) is 6.33 Å². The molecule has 0 radical (unpaired) electrons. The van der Waals surface area contributed by atoms with E-state index < -0.39 is 0 Å². The molecule has 0 spiro atoms. The summed E-state index contributed by atoms with van der Waals surface area (Å²) in [5.41, 5.74) is 6.57. The van der Waals surface area contributed by atoms with Crippen molar-refractivity contribution in [2.75, 3.05) is 31.3 Å². The normalized spacial score (nSPS) is 10.3. The van der Waals surface area contributed by atoms with E-state index in [1.165, 1.54) is 6.33 Å². The van der Waals surface area contributed by atoms with Gasteiger partial charge in [0.2, 0.25) is 0 Å². The van der Waals surface area contributed by atoms with Gasteiger partial charge in [-0.2, -0.15) is 0 Å². The molecule has 1 rings (SSSR count). The minimum atomic E-state index is 0.532. The van der Waals surface area contributed by atoms with Crippen LogP contribution in [0.2, 0.25) is 0 Å². The first-order chi connectivity index (χ1) is 7.25. The lowest BCUT2D eigenvalue weighted by molar-refractivity contribution is 0.194. The van der Waals surface area contributed by atoms with E-state index in [1.807, 2.05) is 6.92 Å². The first kappa shape index (κ1) is 11.7. The summed E-state index contributed by atoms with van der Waals surface area (Å²) >= 11 is 0. The highest BCUT2D eigenvalue weighted by atomic mass is 16.5. The van der Waals surface area contributed by atoms with Crippen LogP contribution in [-0.2, 0) is 4.74 Å². The number of methoxy groups -OCH3 is 1. The van der Waals surface area contributed by atoms with Crippen molar-refractivity contribution in [2.24, 2.45) is 0 Å². The number of ether oxygens (including phenoxy) is 1. The molecule has 1 aromatic heterocycles. The van der Waals surface area contributed by atoms with Gasteiger partial charge >= 0.3 is 0 Å². The summed E-state index contributed by atoms with van der Waals surface area (Å²) < 4.78 is 4.96. The molecule has 3 N–H and O–H groups in total. The maximum absolute atomic E-state index is 5.66. The van der Waals surface area contributed by atoms with Gasteiger partial charge in [-0.05, 0) is 19.8 Å². The number of unbranched alkanes of at least 4 members (excludes halogenated alkanes) is 1. The largest absolute Gasteiger partial charge is 0.385 e. The Morgan fingerprint density at radius 3 is 2.93 bits per heavy atom. The fourth-order valence-electron chi connectivity index (χ4n) is 1.22. The Bertz CT molecular complexity index is 303. The van der Waals surface area contributed by atoms with Crippen LogP contribution in [0.4, 0.5) is 11.6 Å². The molecule has 15 heavy (non-hydrogen) atoms. The van der Waals surface area contributed by atoms with Gasteiger partial charge in [0.25, 0.3) is 0 Å². The quantitative estimate of drug-likeness (QED) is 0.690. The molecule has 0 unspecified atom stereocenters. The average Bonchev–Trinajstić information content (AvgIpc) is 2.24. The van der Waals surface area contributed by atoms with Crippen LogP contribution in [0.5, 0.6) is 0 Å². The van der Waals surface area contributed by atoms with Crippen LogP contribution in [0, 0.1) is 6.92 Å². The van der Waals surface area contributed by atoms with Gasteiger partial charge in [-0.15, -0.1) is 0 Å². The molecule has 0 bridgehead atoms. The van der Waals surface area contributed by atoms with Crippen molar-refractivity contribution in [3.63, 3.8) is 0 Å². The Hall–Kier alpha value is -1.36. The van der Waals surface area contributed by atoms with Crippen molar-refractivity contribution in [2.45, 2.75) is 19.8 Å². The summed E-state index contributed by atoms with van der Waals surface area (Å²) in [7, 11) is 1.71. The standard InChI is InChI=1S/C10H18N4O/c1-8-9(11)13-7-14-10(8)12-5-3-4-6-15-2/h7H,3-6H2,1-2H3,(H3,11,12,13,14). The Kier molecular flexibility index (Phi) is 4.83. The number of nitrogens with two attached hydrogens (primary N) is 1. The zero-order valence-electron chi connectivity index (χ0n) is 9.29. The fourth-order valence-corrected chi connectivity index (χ4v) is 1.22. The van der Waals surface area contributed by atoms with E-state index in [2.05, 4.69) is 15.3 Å². The van der Waals surface area contributed by atoms with Crippen LogP contribution in [0.1, 0.15) is 18.4 Å². The molecule has 0 fully saturated rings. The maximum atomic E-state index is 5.66. The van der Waals surface area contributed by atoms with E-state index in [0.29, 0.717) is 5.82 Å². The summed E-state index contributed by atoms with van der Waals surface area (Å²) in [5.74, 6) is 1.35. The second-order valence-corrected chi connectivity index (χ2v) is 3.36. The molecule has 5 nitrogen and oxygen atoms in total. The third kappa shape index (κ3) is 3.71. The van der Waals surface area contributed by atoms with E-state index in [0.717, 1.165) is 37.4 Å². The predicted molar refractivity (Wildman–Crippen MR) is 60.8 cm³/mol. The number of anilines is 2. The Morgan fingerprint density at radius 2 is 2.20 bits per heavy atom. The molecule has 1 heterocycles. The molecule has 0 aliphatic carbocycles. The van der Waals surface area contributed by atoms with E-state index in [1.54, 1.807) is 7.11 Å². The summed E-state index contributed by atoms with van der Waals surface area (Å²) in [6.07, 6.45) is 3.57. The molecule has 0 aliphatic rings. The van der Waals surface area contributed by atoms with Gasteiger partial charge < -0.3 is 15.8 Å². The second-order valence-electron chi connectivity index (χ2n) is 3.36. The molecular formula is C10H18N4O. The van der Waals surface area contributed by atoms with Crippen molar-refractivity contribution in [1.29, 1.82) is 0 Å². The van der Waals surface area contributed by atoms with Gasteiger partial charge in [-0.3, -0.25) is 0 Å². The van der Waals surface area contributed by atoms with Gasteiger partial charge in [0.1, 0.15) is 18.0 Å². The molecule has 0 saturated carbocycles. The minimum Gasteiger partial charge on any atom is -0.385 e. The third-order valence-electron chi connectivity index (χ3n) is 2.19. The van der Waals surface area contributed by atoms with Crippen LogP contribution in [0.25, 0.3) is 0 Å². The number of nitrogens with one attached hydrogen (secondary N) is 1. The SMILES string of the molecule is COCCCCNc1ncnc(N)c1C. The number of aromatic nitrogens is 2. The van der Waals surface area contributed by atoms with Crippen LogP contribution in [-0.4, -0.2) is 30.2 Å². The topological polar surface area (TPSA) is 73.1 Å². The van der Waals surface area contributed by atoms with E-state index >= 15 is 0 Å². The van der Waals surface area contributed by atoms with Crippen LogP contribution >= 0.6 is 0 Å². The number of rotatable bonds is 6. The summed E-state index contributed by atoms with van der Waals surface area (Å²) in [6.45, 7) is 3.58. The van der Waals surface area contributed by atoms with Gasteiger partial charge in [0.05, 0.1) is 0 Å². The lowest BCUT2D eigenvalue weighted by atomic mass is 10.3. The number of hydrogen-bond acceptors (Lipinski definition) is 5. The molecule has 0 saturated heterocycles. The molecule has 0 aliphatic heterocycles.